The standard InChI is InChI=1S/C10H8Cl2N2O/c11-9-2-1-7(3-10(9)12)5-14-6-8(15)4-13-14/h1-4,6,15H,5H2. The first-order valence-electron chi connectivity index (χ1n) is 4.30. The van der Waals surface area contributed by atoms with Crippen molar-refractivity contribution in [3.8, 4) is 5.75 Å². The van der Waals surface area contributed by atoms with Crippen molar-refractivity contribution in [1.82, 2.24) is 9.78 Å². The summed E-state index contributed by atoms with van der Waals surface area (Å²) in [5.74, 6) is 0.148. The molecule has 0 fully saturated rings. The van der Waals surface area contributed by atoms with Gasteiger partial charge in [-0.3, -0.25) is 4.68 Å². The molecule has 2 rings (SSSR count). The molecule has 0 aliphatic carbocycles. The minimum atomic E-state index is 0.148. The molecule has 1 heterocycles. The van der Waals surface area contributed by atoms with E-state index in [4.69, 9.17) is 28.3 Å². The lowest BCUT2D eigenvalue weighted by Crippen LogP contribution is -1.99. The van der Waals surface area contributed by atoms with Crippen molar-refractivity contribution in [2.45, 2.75) is 6.54 Å². The van der Waals surface area contributed by atoms with Gasteiger partial charge in [0.1, 0.15) is 0 Å². The Balaban J connectivity index is 2.21. The molecule has 0 radical (unpaired) electrons. The number of aromatic nitrogens is 2. The Kier molecular flexibility index (Phi) is 2.84. The van der Waals surface area contributed by atoms with Crippen LogP contribution in [0.1, 0.15) is 5.56 Å². The molecule has 1 aromatic heterocycles. The number of nitrogens with zero attached hydrogens (tertiary/aromatic N) is 2. The van der Waals surface area contributed by atoms with E-state index in [0.29, 0.717) is 16.6 Å². The third-order valence-corrected chi connectivity index (χ3v) is 2.69. The van der Waals surface area contributed by atoms with Crippen molar-refractivity contribution in [2.24, 2.45) is 0 Å². The first-order valence-corrected chi connectivity index (χ1v) is 5.06. The van der Waals surface area contributed by atoms with Gasteiger partial charge in [-0.25, -0.2) is 0 Å². The molecule has 1 aromatic carbocycles. The molecule has 0 bridgehead atoms. The lowest BCUT2D eigenvalue weighted by molar-refractivity contribution is 0.474. The molecule has 0 aliphatic rings. The van der Waals surface area contributed by atoms with Crippen LogP contribution < -0.4 is 0 Å². The van der Waals surface area contributed by atoms with Crippen LogP contribution in [0.5, 0.6) is 5.75 Å². The second kappa shape index (κ2) is 4.13. The van der Waals surface area contributed by atoms with E-state index in [0.717, 1.165) is 5.56 Å². The Morgan fingerprint density at radius 3 is 2.67 bits per heavy atom. The van der Waals surface area contributed by atoms with Gasteiger partial charge in [0, 0.05) is 0 Å². The van der Waals surface area contributed by atoms with Crippen molar-refractivity contribution < 1.29 is 5.11 Å². The Bertz CT molecular complexity index is 482. The fourth-order valence-corrected chi connectivity index (χ4v) is 1.58. The normalized spacial score (nSPS) is 10.5. The zero-order valence-electron chi connectivity index (χ0n) is 7.69. The van der Waals surface area contributed by atoms with E-state index in [1.807, 2.05) is 6.07 Å². The van der Waals surface area contributed by atoms with E-state index < -0.39 is 0 Å². The molecule has 0 unspecified atom stereocenters. The molecule has 1 N–H and O–H groups in total. The molecule has 5 heteroatoms. The minimum Gasteiger partial charge on any atom is -0.505 e. The molecule has 78 valence electrons. The van der Waals surface area contributed by atoms with Crippen LogP contribution in [0, 0.1) is 0 Å². The van der Waals surface area contributed by atoms with Crippen molar-refractivity contribution in [3.05, 3.63) is 46.2 Å². The Labute approximate surface area is 96.9 Å². The minimum absolute atomic E-state index is 0.148. The van der Waals surface area contributed by atoms with Gasteiger partial charge < -0.3 is 5.11 Å². The van der Waals surface area contributed by atoms with Crippen LogP contribution in [0.15, 0.2) is 30.6 Å². The Morgan fingerprint density at radius 1 is 1.27 bits per heavy atom. The van der Waals surface area contributed by atoms with Crippen molar-refractivity contribution in [2.75, 3.05) is 0 Å². The molecule has 0 atom stereocenters. The Hall–Kier alpha value is -1.19. The third-order valence-electron chi connectivity index (χ3n) is 1.95. The molecule has 2 aromatic rings. The summed E-state index contributed by atoms with van der Waals surface area (Å²) in [7, 11) is 0. The average molecular weight is 243 g/mol. The zero-order chi connectivity index (χ0) is 10.8. The van der Waals surface area contributed by atoms with Crippen LogP contribution in [-0.2, 0) is 6.54 Å². The summed E-state index contributed by atoms with van der Waals surface area (Å²) in [5.41, 5.74) is 0.979. The number of benzene rings is 1. The van der Waals surface area contributed by atoms with E-state index in [9.17, 15) is 0 Å². The smallest absolute Gasteiger partial charge is 0.153 e. The maximum Gasteiger partial charge on any atom is 0.153 e. The van der Waals surface area contributed by atoms with Gasteiger partial charge >= 0.3 is 0 Å². The lowest BCUT2D eigenvalue weighted by Gasteiger charge is -2.03. The lowest BCUT2D eigenvalue weighted by atomic mass is 10.2. The summed E-state index contributed by atoms with van der Waals surface area (Å²) >= 11 is 11.7. The molecule has 0 amide bonds. The molecule has 0 spiro atoms. The summed E-state index contributed by atoms with van der Waals surface area (Å²) in [5, 5.41) is 14.1. The van der Waals surface area contributed by atoms with Crippen LogP contribution in [0.2, 0.25) is 10.0 Å². The van der Waals surface area contributed by atoms with E-state index in [1.54, 1.807) is 23.0 Å². The predicted molar refractivity (Wildman–Crippen MR) is 59.5 cm³/mol. The number of halogens is 2. The van der Waals surface area contributed by atoms with Gasteiger partial charge in [0.15, 0.2) is 5.75 Å². The molecule has 0 saturated heterocycles. The van der Waals surface area contributed by atoms with Crippen molar-refractivity contribution in [1.29, 1.82) is 0 Å². The van der Waals surface area contributed by atoms with E-state index in [1.165, 1.54) is 6.20 Å². The van der Waals surface area contributed by atoms with Gasteiger partial charge in [-0.2, -0.15) is 5.10 Å². The van der Waals surface area contributed by atoms with Gasteiger partial charge in [0.05, 0.1) is 29.0 Å². The summed E-state index contributed by atoms with van der Waals surface area (Å²) in [6.45, 7) is 0.553. The highest BCUT2D eigenvalue weighted by atomic mass is 35.5. The summed E-state index contributed by atoms with van der Waals surface area (Å²) in [6, 6.07) is 5.39. The monoisotopic (exact) mass is 242 g/mol. The SMILES string of the molecule is Oc1cnn(Cc2ccc(Cl)c(Cl)c2)c1. The number of rotatable bonds is 2. The average Bonchev–Trinajstić information content (AvgIpc) is 2.58. The highest BCUT2D eigenvalue weighted by Crippen LogP contribution is 2.23. The fourth-order valence-electron chi connectivity index (χ4n) is 1.26. The highest BCUT2D eigenvalue weighted by molar-refractivity contribution is 6.42. The molecule has 0 saturated carbocycles. The van der Waals surface area contributed by atoms with Crippen LogP contribution in [-0.4, -0.2) is 14.9 Å². The number of hydrogen-bond donors (Lipinski definition) is 1. The summed E-state index contributed by atoms with van der Waals surface area (Å²) in [6.07, 6.45) is 2.93. The zero-order valence-corrected chi connectivity index (χ0v) is 9.20. The van der Waals surface area contributed by atoms with Crippen molar-refractivity contribution >= 4 is 23.2 Å². The first kappa shape index (κ1) is 10.3. The van der Waals surface area contributed by atoms with Crippen LogP contribution in [0.4, 0.5) is 0 Å². The number of hydrogen-bond acceptors (Lipinski definition) is 2. The van der Waals surface area contributed by atoms with Gasteiger partial charge in [0.25, 0.3) is 0 Å². The van der Waals surface area contributed by atoms with E-state index in [2.05, 4.69) is 5.10 Å². The molecular weight excluding hydrogens is 235 g/mol. The van der Waals surface area contributed by atoms with Crippen LogP contribution in [0.3, 0.4) is 0 Å². The quantitative estimate of drug-likeness (QED) is 0.880. The van der Waals surface area contributed by atoms with Crippen LogP contribution >= 0.6 is 23.2 Å². The van der Waals surface area contributed by atoms with E-state index >= 15 is 0 Å². The maximum atomic E-state index is 9.10. The van der Waals surface area contributed by atoms with Crippen LogP contribution in [0.25, 0.3) is 0 Å². The first-order chi connectivity index (χ1) is 7.15. The fraction of sp³-hybridized carbons (Fsp3) is 0.100. The number of aromatic hydroxyl groups is 1. The highest BCUT2D eigenvalue weighted by Gasteiger charge is 2.01. The topological polar surface area (TPSA) is 38.1 Å². The molecule has 0 aliphatic heterocycles. The molecule has 15 heavy (non-hydrogen) atoms. The summed E-state index contributed by atoms with van der Waals surface area (Å²) in [4.78, 5) is 0. The third kappa shape index (κ3) is 2.43. The van der Waals surface area contributed by atoms with Gasteiger partial charge in [-0.1, -0.05) is 29.3 Å². The van der Waals surface area contributed by atoms with E-state index in [-0.39, 0.29) is 5.75 Å². The largest absolute Gasteiger partial charge is 0.505 e. The maximum absolute atomic E-state index is 9.10. The predicted octanol–water partition coefficient (Wildman–Crippen LogP) is 2.94. The second-order valence-electron chi connectivity index (χ2n) is 3.14. The Morgan fingerprint density at radius 2 is 2.07 bits per heavy atom. The van der Waals surface area contributed by atoms with Crippen molar-refractivity contribution in [3.63, 3.8) is 0 Å². The molecular formula is C10H8Cl2N2O. The van der Waals surface area contributed by atoms with Gasteiger partial charge in [0.2, 0.25) is 0 Å². The second-order valence-corrected chi connectivity index (χ2v) is 3.96. The molecule has 3 nitrogen and oxygen atoms in total. The van der Waals surface area contributed by atoms with Gasteiger partial charge in [-0.05, 0) is 17.7 Å². The van der Waals surface area contributed by atoms with Gasteiger partial charge in [-0.15, -0.1) is 0 Å². The summed E-state index contributed by atoms with van der Waals surface area (Å²) < 4.78 is 1.62.